The molecule has 1 amide bonds. The van der Waals surface area contributed by atoms with E-state index in [4.69, 9.17) is 24.8 Å². The maximum absolute atomic E-state index is 13.1. The molecular weight excluding hydrogens is 576 g/mol. The van der Waals surface area contributed by atoms with Gasteiger partial charge >= 0.3 is 24.3 Å². The van der Waals surface area contributed by atoms with E-state index in [1.54, 1.807) is 0 Å². The molecule has 42 heavy (non-hydrogen) atoms. The number of aliphatic carboxylic acids is 2. The number of pyridine rings is 2. The van der Waals surface area contributed by atoms with Crippen LogP contribution in [0.2, 0.25) is 0 Å². The highest BCUT2D eigenvalue weighted by molar-refractivity contribution is 5.99. The van der Waals surface area contributed by atoms with Gasteiger partial charge in [0.2, 0.25) is 0 Å². The summed E-state index contributed by atoms with van der Waals surface area (Å²) in [5.41, 5.74) is 4.20. The minimum atomic E-state index is -5.08. The summed E-state index contributed by atoms with van der Waals surface area (Å²) in [5, 5.41) is 14.2. The Labute approximate surface area is 237 Å². The summed E-state index contributed by atoms with van der Waals surface area (Å²) >= 11 is 0. The van der Waals surface area contributed by atoms with Crippen LogP contribution in [0.3, 0.4) is 0 Å². The number of aromatic nitrogens is 2. The van der Waals surface area contributed by atoms with E-state index in [0.717, 1.165) is 81.2 Å². The zero-order valence-corrected chi connectivity index (χ0v) is 22.9. The smallest absolute Gasteiger partial charge is 0.475 e. The number of halogens is 6. The molecule has 1 fully saturated rings. The fourth-order valence-electron chi connectivity index (χ4n) is 4.14. The number of carboxylic acid groups (broad SMARTS) is 2. The van der Waals surface area contributed by atoms with Crippen molar-refractivity contribution in [1.82, 2.24) is 19.8 Å². The molecule has 0 aliphatic carbocycles. The molecular formula is C26H31F6N5O5. The Morgan fingerprint density at radius 1 is 0.905 bits per heavy atom. The molecule has 2 aliphatic rings. The van der Waals surface area contributed by atoms with Crippen LogP contribution in [0.15, 0.2) is 30.5 Å². The normalized spacial score (nSPS) is 15.3. The second-order valence-electron chi connectivity index (χ2n) is 9.56. The molecule has 0 aromatic carbocycles. The number of alkyl halides is 6. The number of anilines is 1. The summed E-state index contributed by atoms with van der Waals surface area (Å²) in [7, 11) is 3.94. The number of nitrogens with zero attached hydrogens (tertiary/aromatic N) is 5. The van der Waals surface area contributed by atoms with E-state index in [9.17, 15) is 31.1 Å². The first-order valence-corrected chi connectivity index (χ1v) is 12.7. The molecule has 16 heteroatoms. The lowest BCUT2D eigenvalue weighted by atomic mass is 10.0. The van der Waals surface area contributed by atoms with Crippen LogP contribution in [0, 0.1) is 0 Å². The van der Waals surface area contributed by atoms with Gasteiger partial charge in [0.1, 0.15) is 5.82 Å². The van der Waals surface area contributed by atoms with Gasteiger partial charge in [-0.2, -0.15) is 26.3 Å². The molecule has 232 valence electrons. The Kier molecular flexibility index (Phi) is 12.1. The average molecular weight is 608 g/mol. The second-order valence-corrected chi connectivity index (χ2v) is 9.56. The fourth-order valence-corrected chi connectivity index (χ4v) is 4.14. The van der Waals surface area contributed by atoms with E-state index in [1.165, 1.54) is 5.56 Å². The molecule has 2 aliphatic heterocycles. The van der Waals surface area contributed by atoms with Crippen molar-refractivity contribution in [1.29, 1.82) is 0 Å². The van der Waals surface area contributed by atoms with Crippen LogP contribution < -0.4 is 4.90 Å². The standard InChI is InChI=1S/C22H29N5O.2C2HF3O2/c1-25(2)21-19(22(28)27-11-5-6-12-27)15-17-8-13-26(14-9-20(17)24-21)16-18-7-3-4-10-23-18;2*3-2(4,5)1(6)7/h3-4,7,10,15H,5-6,8-9,11-14,16H2,1-2H3;2*(H,6,7). The van der Waals surface area contributed by atoms with Gasteiger partial charge in [0.25, 0.3) is 5.91 Å². The topological polar surface area (TPSA) is 127 Å². The second kappa shape index (κ2) is 14.8. The Hall–Kier alpha value is -3.95. The molecule has 4 rings (SSSR count). The molecule has 0 atom stereocenters. The minimum absolute atomic E-state index is 0.131. The van der Waals surface area contributed by atoms with Crippen LogP contribution in [-0.4, -0.2) is 100 Å². The van der Waals surface area contributed by atoms with Crippen LogP contribution in [0.1, 0.15) is 40.2 Å². The summed E-state index contributed by atoms with van der Waals surface area (Å²) in [6, 6.07) is 8.18. The highest BCUT2D eigenvalue weighted by atomic mass is 19.4. The third kappa shape index (κ3) is 10.5. The van der Waals surface area contributed by atoms with Gasteiger partial charge in [0, 0.05) is 65.1 Å². The van der Waals surface area contributed by atoms with E-state index < -0.39 is 24.3 Å². The van der Waals surface area contributed by atoms with Gasteiger partial charge in [-0.25, -0.2) is 14.6 Å². The predicted molar refractivity (Wildman–Crippen MR) is 138 cm³/mol. The monoisotopic (exact) mass is 607 g/mol. The van der Waals surface area contributed by atoms with Gasteiger partial charge in [0.15, 0.2) is 0 Å². The van der Waals surface area contributed by atoms with E-state index in [1.807, 2.05) is 42.2 Å². The average Bonchev–Trinajstić information content (AvgIpc) is 3.38. The summed E-state index contributed by atoms with van der Waals surface area (Å²) in [6.45, 7) is 4.50. The van der Waals surface area contributed by atoms with Crippen molar-refractivity contribution in [3.05, 3.63) is 53.0 Å². The van der Waals surface area contributed by atoms with Gasteiger partial charge in [-0.15, -0.1) is 0 Å². The van der Waals surface area contributed by atoms with Crippen LogP contribution in [0.4, 0.5) is 32.2 Å². The predicted octanol–water partition coefficient (Wildman–Crippen LogP) is 3.65. The molecule has 4 heterocycles. The van der Waals surface area contributed by atoms with Crippen LogP contribution in [-0.2, 0) is 29.0 Å². The maximum atomic E-state index is 13.1. The van der Waals surface area contributed by atoms with Crippen molar-refractivity contribution in [3.8, 4) is 0 Å². The number of carbonyl (C=O) groups is 3. The first-order valence-electron chi connectivity index (χ1n) is 12.7. The summed E-state index contributed by atoms with van der Waals surface area (Å²) in [5.74, 6) is -4.58. The number of amides is 1. The summed E-state index contributed by atoms with van der Waals surface area (Å²) in [4.78, 5) is 46.7. The van der Waals surface area contributed by atoms with Crippen molar-refractivity contribution in [2.45, 2.75) is 44.6 Å². The zero-order valence-electron chi connectivity index (χ0n) is 22.9. The molecule has 0 bridgehead atoms. The lowest BCUT2D eigenvalue weighted by molar-refractivity contribution is -0.193. The van der Waals surface area contributed by atoms with Gasteiger partial charge in [-0.05, 0) is 43.0 Å². The molecule has 0 radical (unpaired) electrons. The zero-order chi connectivity index (χ0) is 31.7. The number of hydrogen-bond acceptors (Lipinski definition) is 7. The Bertz CT molecular complexity index is 1190. The Morgan fingerprint density at radius 2 is 1.45 bits per heavy atom. The molecule has 2 aromatic heterocycles. The van der Waals surface area contributed by atoms with Crippen molar-refractivity contribution in [3.63, 3.8) is 0 Å². The van der Waals surface area contributed by atoms with Crippen LogP contribution in [0.5, 0.6) is 0 Å². The SMILES string of the molecule is CN(C)c1nc2c(cc1C(=O)N1CCCC1)CCN(Cc1ccccn1)CC2.O=C(O)C(F)(F)F.O=C(O)C(F)(F)F. The summed E-state index contributed by atoms with van der Waals surface area (Å²) < 4.78 is 63.5. The van der Waals surface area contributed by atoms with Gasteiger partial charge in [0.05, 0.1) is 11.3 Å². The largest absolute Gasteiger partial charge is 0.490 e. The Morgan fingerprint density at radius 3 is 1.93 bits per heavy atom. The molecule has 2 aromatic rings. The number of fused-ring (bicyclic) bond motifs is 1. The maximum Gasteiger partial charge on any atom is 0.490 e. The number of likely N-dealkylation sites (tertiary alicyclic amines) is 1. The molecule has 10 nitrogen and oxygen atoms in total. The van der Waals surface area contributed by atoms with E-state index >= 15 is 0 Å². The van der Waals surface area contributed by atoms with Crippen molar-refractivity contribution < 1.29 is 50.9 Å². The van der Waals surface area contributed by atoms with Crippen LogP contribution in [0.25, 0.3) is 0 Å². The highest BCUT2D eigenvalue weighted by Crippen LogP contribution is 2.26. The molecule has 2 N–H and O–H groups in total. The van der Waals surface area contributed by atoms with Crippen molar-refractivity contribution in [2.24, 2.45) is 0 Å². The molecule has 0 saturated carbocycles. The third-order valence-electron chi connectivity index (χ3n) is 6.18. The highest BCUT2D eigenvalue weighted by Gasteiger charge is 2.39. The van der Waals surface area contributed by atoms with E-state index in [0.29, 0.717) is 0 Å². The quantitative estimate of drug-likeness (QED) is 0.501. The van der Waals surface area contributed by atoms with Crippen molar-refractivity contribution in [2.75, 3.05) is 45.2 Å². The van der Waals surface area contributed by atoms with E-state index in [2.05, 4.69) is 22.0 Å². The molecule has 0 unspecified atom stereocenters. The summed E-state index contributed by atoms with van der Waals surface area (Å²) in [6.07, 6.45) is -4.29. The first-order chi connectivity index (χ1) is 19.5. The van der Waals surface area contributed by atoms with Gasteiger partial charge in [-0.3, -0.25) is 14.7 Å². The number of carboxylic acids is 2. The molecule has 1 saturated heterocycles. The number of rotatable bonds is 4. The fraction of sp³-hybridized carbons (Fsp3) is 0.500. The minimum Gasteiger partial charge on any atom is -0.475 e. The number of carbonyl (C=O) groups excluding carboxylic acids is 1. The Balaban J connectivity index is 0.000000367. The van der Waals surface area contributed by atoms with Crippen LogP contribution >= 0.6 is 0 Å². The van der Waals surface area contributed by atoms with Gasteiger partial charge in [-0.1, -0.05) is 6.07 Å². The third-order valence-corrected chi connectivity index (χ3v) is 6.18. The molecule has 0 spiro atoms. The van der Waals surface area contributed by atoms with Gasteiger partial charge < -0.3 is 20.0 Å². The lowest BCUT2D eigenvalue weighted by Gasteiger charge is -2.22. The van der Waals surface area contributed by atoms with Crippen molar-refractivity contribution >= 4 is 23.7 Å². The van der Waals surface area contributed by atoms with E-state index in [-0.39, 0.29) is 5.91 Å². The lowest BCUT2D eigenvalue weighted by Crippen LogP contribution is -2.30. The number of hydrogen-bond donors (Lipinski definition) is 2. The first kappa shape index (κ1) is 34.3.